The highest BCUT2D eigenvalue weighted by atomic mass is 79.9. The van der Waals surface area contributed by atoms with Crippen molar-refractivity contribution in [2.75, 3.05) is 38.4 Å². The van der Waals surface area contributed by atoms with E-state index < -0.39 is 9.84 Å². The Bertz CT molecular complexity index is 504. The molecule has 1 aromatic carbocycles. The van der Waals surface area contributed by atoms with Gasteiger partial charge in [-0.3, -0.25) is 0 Å². The van der Waals surface area contributed by atoms with Crippen LogP contribution in [0.25, 0.3) is 0 Å². The summed E-state index contributed by atoms with van der Waals surface area (Å²) in [5.74, 6) is -0.0827. The third-order valence-corrected chi connectivity index (χ3v) is 4.67. The highest BCUT2D eigenvalue weighted by Crippen LogP contribution is 2.23. The minimum atomic E-state index is -3.42. The number of hydrogen-bond acceptors (Lipinski definition) is 5. The zero-order valence-corrected chi connectivity index (χ0v) is 13.2. The Morgan fingerprint density at radius 1 is 1.26 bits per heavy atom. The number of nitrogen functional groups attached to an aromatic ring is 1. The van der Waals surface area contributed by atoms with E-state index in [0.717, 1.165) is 6.42 Å². The van der Waals surface area contributed by atoms with E-state index in [-0.39, 0.29) is 22.9 Å². The van der Waals surface area contributed by atoms with Crippen LogP contribution in [-0.2, 0) is 19.3 Å². The summed E-state index contributed by atoms with van der Waals surface area (Å²) < 4.78 is 35.0. The van der Waals surface area contributed by atoms with Crippen LogP contribution in [0.3, 0.4) is 0 Å². The Hall–Kier alpha value is -0.630. The van der Waals surface area contributed by atoms with Gasteiger partial charge in [-0.05, 0) is 24.6 Å². The quantitative estimate of drug-likeness (QED) is 0.571. The average Bonchev–Trinajstić information content (AvgIpc) is 2.36. The first-order valence-corrected chi connectivity index (χ1v) is 8.26. The molecule has 0 aliphatic heterocycles. The van der Waals surface area contributed by atoms with E-state index in [1.807, 2.05) is 0 Å². The Balaban J connectivity index is 2.54. The summed E-state index contributed by atoms with van der Waals surface area (Å²) in [7, 11) is -1.81. The molecule has 108 valence electrons. The maximum Gasteiger partial charge on any atom is 0.182 e. The van der Waals surface area contributed by atoms with E-state index >= 15 is 0 Å². The Morgan fingerprint density at radius 3 is 2.68 bits per heavy atom. The van der Waals surface area contributed by atoms with Gasteiger partial charge in [-0.2, -0.15) is 0 Å². The number of sulfone groups is 1. The van der Waals surface area contributed by atoms with Crippen LogP contribution in [0, 0.1) is 0 Å². The highest BCUT2D eigenvalue weighted by Gasteiger charge is 2.17. The minimum Gasteiger partial charge on any atom is -0.398 e. The predicted octanol–water partition coefficient (Wildman–Crippen LogP) is 1.86. The number of halogens is 1. The van der Waals surface area contributed by atoms with Gasteiger partial charge in [-0.1, -0.05) is 15.9 Å². The number of anilines is 1. The molecular weight excluding hydrogens is 334 g/mol. The molecule has 0 fully saturated rings. The summed E-state index contributed by atoms with van der Waals surface area (Å²) in [4.78, 5) is 0.141. The molecule has 0 bridgehead atoms. The first-order chi connectivity index (χ1) is 8.97. The number of nitrogens with two attached hydrogens (primary N) is 1. The van der Waals surface area contributed by atoms with Gasteiger partial charge in [0.25, 0.3) is 0 Å². The van der Waals surface area contributed by atoms with Crippen LogP contribution in [0.15, 0.2) is 27.6 Å². The molecule has 0 aromatic heterocycles. The van der Waals surface area contributed by atoms with Crippen molar-refractivity contribution in [2.24, 2.45) is 0 Å². The van der Waals surface area contributed by atoms with Crippen LogP contribution < -0.4 is 5.73 Å². The van der Waals surface area contributed by atoms with E-state index in [9.17, 15) is 8.42 Å². The topological polar surface area (TPSA) is 78.6 Å². The summed E-state index contributed by atoms with van der Waals surface area (Å²) in [6.45, 7) is 1.24. The lowest BCUT2D eigenvalue weighted by atomic mass is 10.3. The third-order valence-electron chi connectivity index (χ3n) is 2.44. The van der Waals surface area contributed by atoms with Gasteiger partial charge in [-0.15, -0.1) is 0 Å². The Morgan fingerprint density at radius 2 is 2.00 bits per heavy atom. The number of methoxy groups -OCH3 is 1. The fraction of sp³-hybridized carbons (Fsp3) is 0.500. The summed E-state index contributed by atoms with van der Waals surface area (Å²) in [6.07, 6.45) is 0.746. The molecule has 0 saturated heterocycles. The minimum absolute atomic E-state index is 0.0827. The van der Waals surface area contributed by atoms with Gasteiger partial charge in [0.2, 0.25) is 0 Å². The number of rotatable bonds is 8. The number of benzene rings is 1. The van der Waals surface area contributed by atoms with Gasteiger partial charge in [0.1, 0.15) is 0 Å². The van der Waals surface area contributed by atoms with Gasteiger partial charge in [0.15, 0.2) is 9.84 Å². The second kappa shape index (κ2) is 7.84. The monoisotopic (exact) mass is 351 g/mol. The summed E-state index contributed by atoms with van der Waals surface area (Å²) in [5.41, 5.74) is 5.94. The molecule has 7 heteroatoms. The first-order valence-electron chi connectivity index (χ1n) is 5.82. The molecule has 0 aliphatic carbocycles. The van der Waals surface area contributed by atoms with Crippen LogP contribution >= 0.6 is 15.9 Å². The molecule has 0 saturated carbocycles. The van der Waals surface area contributed by atoms with Crippen molar-refractivity contribution in [1.82, 2.24) is 0 Å². The molecule has 0 atom stereocenters. The molecule has 0 aliphatic rings. The zero-order valence-electron chi connectivity index (χ0n) is 10.8. The average molecular weight is 352 g/mol. The van der Waals surface area contributed by atoms with E-state index in [1.54, 1.807) is 19.2 Å². The molecule has 1 aromatic rings. The Labute approximate surface area is 122 Å². The van der Waals surface area contributed by atoms with Crippen molar-refractivity contribution in [2.45, 2.75) is 11.3 Å². The maximum absolute atomic E-state index is 12.1. The van der Waals surface area contributed by atoms with E-state index in [1.165, 1.54) is 6.07 Å². The molecule has 0 radical (unpaired) electrons. The van der Waals surface area contributed by atoms with Crippen molar-refractivity contribution >= 4 is 31.5 Å². The van der Waals surface area contributed by atoms with Crippen molar-refractivity contribution in [3.05, 3.63) is 22.7 Å². The summed E-state index contributed by atoms with van der Waals surface area (Å²) in [5, 5.41) is 0. The molecule has 5 nitrogen and oxygen atoms in total. The van der Waals surface area contributed by atoms with Crippen molar-refractivity contribution in [1.29, 1.82) is 0 Å². The maximum atomic E-state index is 12.1. The molecule has 0 unspecified atom stereocenters. The number of hydrogen-bond donors (Lipinski definition) is 1. The first kappa shape index (κ1) is 16.4. The van der Waals surface area contributed by atoms with Gasteiger partial charge < -0.3 is 15.2 Å². The lowest BCUT2D eigenvalue weighted by molar-refractivity contribution is 0.112. The van der Waals surface area contributed by atoms with Crippen molar-refractivity contribution < 1.29 is 17.9 Å². The Kier molecular flexibility index (Phi) is 6.78. The van der Waals surface area contributed by atoms with Crippen molar-refractivity contribution in [3.63, 3.8) is 0 Å². The highest BCUT2D eigenvalue weighted by molar-refractivity contribution is 9.10. The number of ether oxygens (including phenoxy) is 2. The molecule has 1 rings (SSSR count). The van der Waals surface area contributed by atoms with E-state index in [2.05, 4.69) is 15.9 Å². The second-order valence-electron chi connectivity index (χ2n) is 3.96. The fourth-order valence-electron chi connectivity index (χ4n) is 1.46. The zero-order chi connectivity index (χ0) is 14.3. The van der Waals surface area contributed by atoms with Crippen LogP contribution in [-0.4, -0.2) is 41.1 Å². The molecule has 0 spiro atoms. The van der Waals surface area contributed by atoms with Crippen LogP contribution in [0.5, 0.6) is 0 Å². The normalized spacial score (nSPS) is 11.7. The van der Waals surface area contributed by atoms with Crippen LogP contribution in [0.4, 0.5) is 5.69 Å². The standard InChI is InChI=1S/C12H18BrNO4S/c1-17-5-2-6-18-7-8-19(15,16)12-9-10(13)3-4-11(12)14/h3-4,9H,2,5-8,14H2,1H3. The molecular formula is C12H18BrNO4S. The van der Waals surface area contributed by atoms with E-state index in [0.29, 0.717) is 17.7 Å². The smallest absolute Gasteiger partial charge is 0.182 e. The largest absolute Gasteiger partial charge is 0.398 e. The predicted molar refractivity (Wildman–Crippen MR) is 77.9 cm³/mol. The van der Waals surface area contributed by atoms with E-state index in [4.69, 9.17) is 15.2 Å². The summed E-state index contributed by atoms with van der Waals surface area (Å²) >= 11 is 3.23. The molecule has 0 amide bonds. The van der Waals surface area contributed by atoms with Gasteiger partial charge in [0, 0.05) is 24.8 Å². The van der Waals surface area contributed by atoms with Gasteiger partial charge in [0.05, 0.1) is 22.9 Å². The van der Waals surface area contributed by atoms with Gasteiger partial charge in [-0.25, -0.2) is 8.42 Å². The SMILES string of the molecule is COCCCOCCS(=O)(=O)c1cc(Br)ccc1N. The van der Waals surface area contributed by atoms with Gasteiger partial charge >= 0.3 is 0 Å². The lowest BCUT2D eigenvalue weighted by Gasteiger charge is -2.08. The third kappa shape index (κ3) is 5.48. The summed E-state index contributed by atoms with van der Waals surface area (Å²) in [6, 6.07) is 4.78. The molecule has 2 N–H and O–H groups in total. The second-order valence-corrected chi connectivity index (χ2v) is 6.95. The fourth-order valence-corrected chi connectivity index (χ4v) is 3.27. The van der Waals surface area contributed by atoms with Crippen molar-refractivity contribution in [3.8, 4) is 0 Å². The lowest BCUT2D eigenvalue weighted by Crippen LogP contribution is -2.15. The molecule has 0 heterocycles. The van der Waals surface area contributed by atoms with Crippen LogP contribution in [0.1, 0.15) is 6.42 Å². The molecule has 19 heavy (non-hydrogen) atoms. The van der Waals surface area contributed by atoms with Crippen LogP contribution in [0.2, 0.25) is 0 Å².